The number of carbonyl (C=O) groups excluding carboxylic acids is 2. The van der Waals surface area contributed by atoms with Gasteiger partial charge in [0.2, 0.25) is 11.6 Å². The summed E-state index contributed by atoms with van der Waals surface area (Å²) in [6.45, 7) is 2.97. The molecule has 2 aliphatic rings. The van der Waals surface area contributed by atoms with Crippen LogP contribution in [0.2, 0.25) is 0 Å². The Morgan fingerprint density at radius 2 is 1.89 bits per heavy atom. The van der Waals surface area contributed by atoms with E-state index >= 15 is 0 Å². The number of nitrogens with zero attached hydrogens (tertiary/aromatic N) is 1. The van der Waals surface area contributed by atoms with Crippen molar-refractivity contribution in [3.05, 3.63) is 35.9 Å². The van der Waals surface area contributed by atoms with Gasteiger partial charge in [-0.25, -0.2) is 0 Å². The topological polar surface area (TPSA) is 37.4 Å². The van der Waals surface area contributed by atoms with E-state index in [9.17, 15) is 9.59 Å². The van der Waals surface area contributed by atoms with E-state index in [0.717, 1.165) is 19.4 Å². The highest BCUT2D eigenvalue weighted by atomic mass is 16.2. The van der Waals surface area contributed by atoms with Crippen molar-refractivity contribution in [3.8, 4) is 0 Å². The van der Waals surface area contributed by atoms with E-state index in [1.165, 1.54) is 5.56 Å². The number of Topliss-reactive ketones (excluding diaryl/α,β-unsaturated/α-hetero) is 2. The van der Waals surface area contributed by atoms with Crippen molar-refractivity contribution in [2.24, 2.45) is 5.92 Å². The molecule has 2 fully saturated rings. The zero-order valence-electron chi connectivity index (χ0n) is 10.5. The van der Waals surface area contributed by atoms with Crippen LogP contribution in [0.5, 0.6) is 0 Å². The highest BCUT2D eigenvalue weighted by Crippen LogP contribution is 2.36. The number of rotatable bonds is 2. The fourth-order valence-corrected chi connectivity index (χ4v) is 3.23. The molecule has 3 nitrogen and oxygen atoms in total. The third-order valence-corrected chi connectivity index (χ3v) is 4.34. The molecule has 1 aliphatic heterocycles. The molecule has 1 saturated carbocycles. The summed E-state index contributed by atoms with van der Waals surface area (Å²) in [4.78, 5) is 25.9. The Hall–Kier alpha value is -1.48. The summed E-state index contributed by atoms with van der Waals surface area (Å²) in [6, 6.07) is 10.2. The molecule has 3 heteroatoms. The van der Waals surface area contributed by atoms with Crippen molar-refractivity contribution in [2.75, 3.05) is 6.54 Å². The Balaban J connectivity index is 1.85. The fraction of sp³-hybridized carbons (Fsp3) is 0.467. The Morgan fingerprint density at radius 1 is 1.17 bits per heavy atom. The summed E-state index contributed by atoms with van der Waals surface area (Å²) in [5.41, 5.74) is 1.21. The van der Waals surface area contributed by atoms with Gasteiger partial charge in [0.25, 0.3) is 0 Å². The Bertz CT molecular complexity index is 483. The van der Waals surface area contributed by atoms with Gasteiger partial charge in [0.15, 0.2) is 0 Å². The van der Waals surface area contributed by atoms with Gasteiger partial charge in [0.05, 0.1) is 6.04 Å². The largest absolute Gasteiger partial charge is 0.291 e. The number of fused-ring (bicyclic) bond motifs is 2. The normalized spacial score (nSPS) is 29.6. The Morgan fingerprint density at radius 3 is 2.61 bits per heavy atom. The molecule has 0 amide bonds. The van der Waals surface area contributed by atoms with Crippen molar-refractivity contribution in [3.63, 3.8) is 0 Å². The Labute approximate surface area is 107 Å². The monoisotopic (exact) mass is 243 g/mol. The average molecular weight is 243 g/mol. The fourth-order valence-electron chi connectivity index (χ4n) is 3.23. The molecule has 0 N–H and O–H groups in total. The molecule has 0 spiro atoms. The van der Waals surface area contributed by atoms with Gasteiger partial charge in [-0.3, -0.25) is 14.5 Å². The van der Waals surface area contributed by atoms with Crippen LogP contribution in [0.15, 0.2) is 30.3 Å². The zero-order valence-corrected chi connectivity index (χ0v) is 10.5. The first kappa shape index (κ1) is 11.6. The minimum Gasteiger partial charge on any atom is -0.291 e. The molecule has 2 bridgehead atoms. The molecule has 1 aromatic rings. The maximum absolute atomic E-state index is 11.9. The second-order valence-electron chi connectivity index (χ2n) is 5.29. The van der Waals surface area contributed by atoms with Gasteiger partial charge in [-0.2, -0.15) is 0 Å². The molecule has 1 saturated heterocycles. The van der Waals surface area contributed by atoms with Crippen LogP contribution in [0.1, 0.15) is 31.4 Å². The van der Waals surface area contributed by atoms with Gasteiger partial charge >= 0.3 is 0 Å². The van der Waals surface area contributed by atoms with Gasteiger partial charge < -0.3 is 0 Å². The lowest BCUT2D eigenvalue weighted by atomic mass is 9.96. The predicted molar refractivity (Wildman–Crippen MR) is 68.1 cm³/mol. The standard InChI is InChI=1S/C15H17NO2/c1-10(11-5-3-2-4-6-11)16-8-7-12-9-13(16)15(18)14(12)17/h2-6,10,12-13H,7-9H2,1H3/t10-,12+,13-/m1/s1. The van der Waals surface area contributed by atoms with Gasteiger partial charge in [0, 0.05) is 18.5 Å². The van der Waals surface area contributed by atoms with Crippen molar-refractivity contribution < 1.29 is 9.59 Å². The molecule has 1 aliphatic carbocycles. The molecular formula is C15H17NO2. The van der Waals surface area contributed by atoms with Gasteiger partial charge in [-0.1, -0.05) is 30.3 Å². The van der Waals surface area contributed by atoms with Crippen LogP contribution in [0.3, 0.4) is 0 Å². The summed E-state index contributed by atoms with van der Waals surface area (Å²) in [5.74, 6) is -0.301. The van der Waals surface area contributed by atoms with E-state index in [0.29, 0.717) is 0 Å². The second-order valence-corrected chi connectivity index (χ2v) is 5.29. The van der Waals surface area contributed by atoms with Gasteiger partial charge in [0.1, 0.15) is 0 Å². The van der Waals surface area contributed by atoms with E-state index in [-0.39, 0.29) is 29.6 Å². The molecule has 1 heterocycles. The minimum absolute atomic E-state index is 0.00160. The van der Waals surface area contributed by atoms with Crippen LogP contribution in [-0.4, -0.2) is 29.1 Å². The number of piperidine rings is 1. The lowest BCUT2D eigenvalue weighted by Gasteiger charge is -2.36. The molecule has 0 radical (unpaired) electrons. The van der Waals surface area contributed by atoms with E-state index in [1.807, 2.05) is 18.2 Å². The summed E-state index contributed by atoms with van der Waals surface area (Å²) in [7, 11) is 0. The third-order valence-electron chi connectivity index (χ3n) is 4.34. The molecule has 18 heavy (non-hydrogen) atoms. The number of carbonyl (C=O) groups is 2. The highest BCUT2D eigenvalue weighted by molar-refractivity contribution is 6.42. The minimum atomic E-state index is -0.175. The van der Waals surface area contributed by atoms with Crippen LogP contribution < -0.4 is 0 Å². The van der Waals surface area contributed by atoms with Crippen LogP contribution in [0, 0.1) is 5.92 Å². The highest BCUT2D eigenvalue weighted by Gasteiger charge is 2.48. The lowest BCUT2D eigenvalue weighted by Crippen LogP contribution is -2.42. The maximum Gasteiger partial charge on any atom is 0.215 e. The van der Waals surface area contributed by atoms with Crippen LogP contribution in [-0.2, 0) is 9.59 Å². The van der Waals surface area contributed by atoms with Crippen molar-refractivity contribution in [2.45, 2.75) is 31.8 Å². The smallest absolute Gasteiger partial charge is 0.215 e. The quantitative estimate of drug-likeness (QED) is 0.745. The summed E-state index contributed by atoms with van der Waals surface area (Å²) < 4.78 is 0. The van der Waals surface area contributed by atoms with E-state index in [2.05, 4.69) is 24.0 Å². The molecule has 0 aromatic heterocycles. The summed E-state index contributed by atoms with van der Waals surface area (Å²) in [6.07, 6.45) is 1.56. The number of likely N-dealkylation sites (tertiary alicyclic amines) is 1. The summed E-state index contributed by atoms with van der Waals surface area (Å²) >= 11 is 0. The van der Waals surface area contributed by atoms with Crippen molar-refractivity contribution in [1.29, 1.82) is 0 Å². The molecule has 3 rings (SSSR count). The van der Waals surface area contributed by atoms with Crippen LogP contribution in [0.4, 0.5) is 0 Å². The summed E-state index contributed by atoms with van der Waals surface area (Å²) in [5, 5.41) is 0. The molecular weight excluding hydrogens is 226 g/mol. The van der Waals surface area contributed by atoms with Crippen LogP contribution >= 0.6 is 0 Å². The van der Waals surface area contributed by atoms with E-state index in [1.54, 1.807) is 0 Å². The zero-order chi connectivity index (χ0) is 12.7. The van der Waals surface area contributed by atoms with E-state index < -0.39 is 0 Å². The average Bonchev–Trinajstić information content (AvgIpc) is 2.65. The molecule has 94 valence electrons. The Kier molecular flexibility index (Phi) is 2.78. The predicted octanol–water partition coefficient (Wildman–Crippen LogP) is 1.98. The number of hydrogen-bond donors (Lipinski definition) is 0. The maximum atomic E-state index is 11.9. The molecule has 1 aromatic carbocycles. The molecule has 0 unspecified atom stereocenters. The van der Waals surface area contributed by atoms with Crippen LogP contribution in [0.25, 0.3) is 0 Å². The SMILES string of the molecule is C[C@H](c1ccccc1)N1CC[C@H]2C[C@@H]1C(=O)C2=O. The van der Waals surface area contributed by atoms with Crippen molar-refractivity contribution >= 4 is 11.6 Å². The number of hydrogen-bond acceptors (Lipinski definition) is 3. The second kappa shape index (κ2) is 4.32. The lowest BCUT2D eigenvalue weighted by molar-refractivity contribution is -0.136. The first-order chi connectivity index (χ1) is 8.68. The molecule has 3 atom stereocenters. The number of ketones is 2. The van der Waals surface area contributed by atoms with Gasteiger partial charge in [-0.05, 0) is 25.3 Å². The first-order valence-electron chi connectivity index (χ1n) is 6.57. The third kappa shape index (κ3) is 1.70. The first-order valence-corrected chi connectivity index (χ1v) is 6.57. The van der Waals surface area contributed by atoms with Gasteiger partial charge in [-0.15, -0.1) is 0 Å². The number of benzene rings is 1. The van der Waals surface area contributed by atoms with Crippen molar-refractivity contribution in [1.82, 2.24) is 4.90 Å². The van der Waals surface area contributed by atoms with E-state index in [4.69, 9.17) is 0 Å².